The fourth-order valence-electron chi connectivity index (χ4n) is 8.65. The molecule has 0 aliphatic carbocycles. The third kappa shape index (κ3) is 5.67. The van der Waals surface area contributed by atoms with Crippen LogP contribution in [-0.2, 0) is 0 Å². The maximum Gasteiger partial charge on any atom is 0.160 e. The van der Waals surface area contributed by atoms with Crippen molar-refractivity contribution < 1.29 is 0 Å². The molecule has 0 saturated carbocycles. The summed E-state index contributed by atoms with van der Waals surface area (Å²) < 4.78 is 11.6. The molecule has 0 spiro atoms. The first kappa shape index (κ1) is 34.2. The van der Waals surface area contributed by atoms with E-state index in [9.17, 15) is 0 Å². The Hall–Kier alpha value is -7.87. The lowest BCUT2D eigenvalue weighted by Crippen LogP contribution is -1.98. The van der Waals surface area contributed by atoms with Crippen molar-refractivity contribution in [1.82, 2.24) is 28.3 Å². The Kier molecular flexibility index (Phi) is 7.92. The van der Waals surface area contributed by atoms with Gasteiger partial charge < -0.3 is 4.57 Å². The van der Waals surface area contributed by atoms with Crippen LogP contribution in [0.15, 0.2) is 194 Å². The Morgan fingerprint density at radius 2 is 0.983 bits per heavy atom. The second-order valence-electron chi connectivity index (χ2n) is 15.0. The summed E-state index contributed by atoms with van der Waals surface area (Å²) in [5.41, 5.74) is 15.1. The number of hydrogen-bond acceptors (Lipinski definition) is 6. The predicted octanol–water partition coefficient (Wildman–Crippen LogP) is 13.6. The van der Waals surface area contributed by atoms with E-state index in [4.69, 9.17) is 19.3 Å². The average molecular weight is 785 g/mol. The highest BCUT2D eigenvalue weighted by molar-refractivity contribution is 7.00. The zero-order chi connectivity index (χ0) is 39.6. The maximum absolute atomic E-state index is 5.19. The van der Waals surface area contributed by atoms with E-state index >= 15 is 0 Å². The van der Waals surface area contributed by atoms with Crippen LogP contribution in [0.25, 0.3) is 116 Å². The monoisotopic (exact) mass is 784 g/mol. The summed E-state index contributed by atoms with van der Waals surface area (Å²) in [4.78, 5) is 15.5. The van der Waals surface area contributed by atoms with E-state index in [1.54, 1.807) is 0 Å². The standard InChI is InChI=1S/C53H32N6S/c1-2-12-35(13-3-1)53-55-46(32-47(56-53)38-16-11-17-39(31-38)59-48-22-8-5-18-40(48)41-19-6-9-23-49(41)59)37-15-10-14-36(30-37)33-24-26-34(27-25-33)51-43-28-29-45-52(58-60-57-45)50(43)42-20-4-7-21-44(42)54-51/h1-32H. The van der Waals surface area contributed by atoms with Crippen molar-refractivity contribution in [2.75, 3.05) is 0 Å². The van der Waals surface area contributed by atoms with E-state index in [-0.39, 0.29) is 0 Å². The second-order valence-corrected chi connectivity index (χ2v) is 15.5. The first-order chi connectivity index (χ1) is 29.7. The highest BCUT2D eigenvalue weighted by atomic mass is 32.1. The molecule has 0 aliphatic heterocycles. The molecule has 12 rings (SSSR count). The van der Waals surface area contributed by atoms with E-state index in [0.717, 1.165) is 88.9 Å². The molecule has 0 bridgehead atoms. The zero-order valence-corrected chi connectivity index (χ0v) is 32.9. The Balaban J connectivity index is 0.947. The first-order valence-corrected chi connectivity index (χ1v) is 20.6. The summed E-state index contributed by atoms with van der Waals surface area (Å²) in [7, 11) is 0. The van der Waals surface area contributed by atoms with Gasteiger partial charge in [-0.1, -0.05) is 140 Å². The van der Waals surface area contributed by atoms with Gasteiger partial charge in [0.2, 0.25) is 0 Å². The van der Waals surface area contributed by atoms with Crippen molar-refractivity contribution in [2.45, 2.75) is 0 Å². The van der Waals surface area contributed by atoms with Gasteiger partial charge in [-0.25, -0.2) is 15.0 Å². The van der Waals surface area contributed by atoms with Crippen LogP contribution in [0.4, 0.5) is 0 Å². The summed E-state index contributed by atoms with van der Waals surface area (Å²) in [5.74, 6) is 0.681. The Labute approximate surface area is 349 Å². The van der Waals surface area contributed by atoms with Crippen molar-refractivity contribution in [3.63, 3.8) is 0 Å². The highest BCUT2D eigenvalue weighted by Crippen LogP contribution is 2.38. The molecule has 7 heteroatoms. The normalized spacial score (nSPS) is 11.7. The molecule has 0 N–H and O–H groups in total. The SMILES string of the molecule is c1ccc(-c2nc(-c3cccc(-c4ccc(-c5nc6ccccc6c6c5ccc5nsnc56)cc4)c3)cc(-c3cccc(-n4c5ccccc5c5ccccc54)c3)n2)cc1. The van der Waals surface area contributed by atoms with Crippen LogP contribution in [0.1, 0.15) is 0 Å². The Bertz CT molecular complexity index is 3560. The van der Waals surface area contributed by atoms with Gasteiger partial charge in [0, 0.05) is 54.9 Å². The maximum atomic E-state index is 5.19. The molecule has 0 amide bonds. The molecule has 4 heterocycles. The van der Waals surface area contributed by atoms with Crippen LogP contribution in [0.3, 0.4) is 0 Å². The fraction of sp³-hybridized carbons (Fsp3) is 0. The molecule has 8 aromatic carbocycles. The molecule has 4 aromatic heterocycles. The van der Waals surface area contributed by atoms with Crippen LogP contribution in [0.2, 0.25) is 0 Å². The summed E-state index contributed by atoms with van der Waals surface area (Å²) >= 11 is 1.25. The van der Waals surface area contributed by atoms with Crippen molar-refractivity contribution in [3.05, 3.63) is 194 Å². The molecule has 0 radical (unpaired) electrons. The number of para-hydroxylation sites is 3. The van der Waals surface area contributed by atoms with E-state index in [1.165, 1.54) is 33.5 Å². The largest absolute Gasteiger partial charge is 0.309 e. The van der Waals surface area contributed by atoms with E-state index in [1.807, 2.05) is 30.3 Å². The van der Waals surface area contributed by atoms with Gasteiger partial charge in [0.15, 0.2) is 5.82 Å². The topological polar surface area (TPSA) is 69.4 Å². The number of pyridine rings is 1. The molecule has 0 aliphatic rings. The number of fused-ring (bicyclic) bond motifs is 8. The zero-order valence-electron chi connectivity index (χ0n) is 32.1. The van der Waals surface area contributed by atoms with Crippen LogP contribution in [-0.4, -0.2) is 28.3 Å². The molecule has 6 nitrogen and oxygen atoms in total. The summed E-state index contributed by atoms with van der Waals surface area (Å²) in [5, 5.41) is 5.71. The van der Waals surface area contributed by atoms with Crippen LogP contribution < -0.4 is 0 Å². The Morgan fingerprint density at radius 3 is 1.75 bits per heavy atom. The first-order valence-electron chi connectivity index (χ1n) is 19.9. The highest BCUT2D eigenvalue weighted by Gasteiger charge is 2.17. The third-order valence-corrected chi connectivity index (χ3v) is 12.0. The number of benzene rings is 8. The summed E-state index contributed by atoms with van der Waals surface area (Å²) in [6.45, 7) is 0. The van der Waals surface area contributed by atoms with Crippen LogP contribution >= 0.6 is 11.7 Å². The molecular formula is C53H32N6S. The molecule has 0 saturated heterocycles. The van der Waals surface area contributed by atoms with Gasteiger partial charge in [0.05, 0.1) is 45.4 Å². The molecule has 12 aromatic rings. The van der Waals surface area contributed by atoms with Crippen molar-refractivity contribution >= 4 is 66.2 Å². The molecule has 0 atom stereocenters. The Morgan fingerprint density at radius 1 is 0.367 bits per heavy atom. The van der Waals surface area contributed by atoms with E-state index < -0.39 is 0 Å². The smallest absolute Gasteiger partial charge is 0.160 e. The lowest BCUT2D eigenvalue weighted by molar-refractivity contribution is 1.16. The molecule has 0 unspecified atom stereocenters. The summed E-state index contributed by atoms with van der Waals surface area (Å²) in [6, 6.07) is 68.0. The van der Waals surface area contributed by atoms with Crippen molar-refractivity contribution in [3.8, 4) is 62.0 Å². The number of rotatable bonds is 6. The minimum absolute atomic E-state index is 0.681. The van der Waals surface area contributed by atoms with Gasteiger partial charge in [-0.2, -0.15) is 8.75 Å². The van der Waals surface area contributed by atoms with Crippen LogP contribution in [0, 0.1) is 0 Å². The fourth-order valence-corrected chi connectivity index (χ4v) is 9.19. The van der Waals surface area contributed by atoms with Crippen LogP contribution in [0.5, 0.6) is 0 Å². The van der Waals surface area contributed by atoms with Crippen molar-refractivity contribution in [2.24, 2.45) is 0 Å². The average Bonchev–Trinajstić information content (AvgIpc) is 3.95. The van der Waals surface area contributed by atoms with Gasteiger partial charge >= 0.3 is 0 Å². The second kappa shape index (κ2) is 13.9. The quantitative estimate of drug-likeness (QED) is 0.157. The predicted molar refractivity (Wildman–Crippen MR) is 247 cm³/mol. The van der Waals surface area contributed by atoms with Gasteiger partial charge in [-0.05, 0) is 65.7 Å². The number of aromatic nitrogens is 6. The van der Waals surface area contributed by atoms with Gasteiger partial charge in [0.25, 0.3) is 0 Å². The van der Waals surface area contributed by atoms with Crippen molar-refractivity contribution in [1.29, 1.82) is 0 Å². The van der Waals surface area contributed by atoms with Gasteiger partial charge in [-0.15, -0.1) is 0 Å². The molecule has 280 valence electrons. The molecular weight excluding hydrogens is 753 g/mol. The minimum atomic E-state index is 0.681. The lowest BCUT2D eigenvalue weighted by atomic mass is 9.96. The van der Waals surface area contributed by atoms with Gasteiger partial charge in [0.1, 0.15) is 11.0 Å². The van der Waals surface area contributed by atoms with E-state index in [2.05, 4.69) is 173 Å². The van der Waals surface area contributed by atoms with E-state index in [0.29, 0.717) is 5.82 Å². The molecule has 0 fully saturated rings. The third-order valence-electron chi connectivity index (χ3n) is 11.5. The lowest BCUT2D eigenvalue weighted by Gasteiger charge is -2.13. The number of nitrogens with zero attached hydrogens (tertiary/aromatic N) is 6. The minimum Gasteiger partial charge on any atom is -0.309 e. The summed E-state index contributed by atoms with van der Waals surface area (Å²) in [6.07, 6.45) is 0. The van der Waals surface area contributed by atoms with Gasteiger partial charge in [-0.3, -0.25) is 0 Å². The number of hydrogen-bond donors (Lipinski definition) is 0. The molecule has 60 heavy (non-hydrogen) atoms.